The highest BCUT2D eigenvalue weighted by Gasteiger charge is 2.35. The summed E-state index contributed by atoms with van der Waals surface area (Å²) < 4.78 is 1.36. The molecule has 0 aliphatic carbocycles. The lowest BCUT2D eigenvalue weighted by atomic mass is 9.84. The Morgan fingerprint density at radius 1 is 1.16 bits per heavy atom. The summed E-state index contributed by atoms with van der Waals surface area (Å²) in [7, 11) is 0. The summed E-state index contributed by atoms with van der Waals surface area (Å²) in [4.78, 5) is 4.19. The first-order valence-corrected chi connectivity index (χ1v) is 10.4. The van der Waals surface area contributed by atoms with E-state index in [4.69, 9.17) is 11.6 Å². The van der Waals surface area contributed by atoms with Gasteiger partial charge in [-0.15, -0.1) is 11.3 Å². The van der Waals surface area contributed by atoms with E-state index in [1.54, 1.807) is 0 Å². The summed E-state index contributed by atoms with van der Waals surface area (Å²) in [5, 5.41) is 2.19. The van der Waals surface area contributed by atoms with Crippen molar-refractivity contribution in [3.05, 3.63) is 69.6 Å². The van der Waals surface area contributed by atoms with Crippen molar-refractivity contribution in [1.29, 1.82) is 0 Å². The van der Waals surface area contributed by atoms with Crippen molar-refractivity contribution >= 4 is 33.0 Å². The summed E-state index contributed by atoms with van der Waals surface area (Å²) in [5.74, 6) is 0.443. The monoisotopic (exact) mass is 369 g/mol. The molecule has 130 valence electrons. The molecule has 4 rings (SSSR count). The van der Waals surface area contributed by atoms with Crippen LogP contribution in [0.15, 0.2) is 48.5 Å². The van der Waals surface area contributed by atoms with Gasteiger partial charge in [0.25, 0.3) is 0 Å². The third-order valence-corrected chi connectivity index (χ3v) is 6.97. The largest absolute Gasteiger partial charge is 0.295 e. The minimum atomic E-state index is 0.443. The predicted octanol–water partition coefficient (Wildman–Crippen LogP) is 6.69. The lowest BCUT2D eigenvalue weighted by Gasteiger charge is -2.39. The van der Waals surface area contributed by atoms with Crippen LogP contribution in [0, 0.1) is 0 Å². The normalized spacial score (nSPS) is 20.8. The van der Waals surface area contributed by atoms with E-state index in [0.717, 1.165) is 11.6 Å². The van der Waals surface area contributed by atoms with Gasteiger partial charge in [0.15, 0.2) is 0 Å². The number of rotatable bonds is 4. The van der Waals surface area contributed by atoms with Gasteiger partial charge in [0, 0.05) is 33.1 Å². The third kappa shape index (κ3) is 3.12. The number of hydrogen-bond acceptors (Lipinski definition) is 2. The van der Waals surface area contributed by atoms with Crippen LogP contribution in [-0.4, -0.2) is 17.5 Å². The van der Waals surface area contributed by atoms with Gasteiger partial charge in [-0.3, -0.25) is 4.90 Å². The van der Waals surface area contributed by atoms with Crippen LogP contribution in [0.25, 0.3) is 10.1 Å². The third-order valence-electron chi connectivity index (χ3n) is 5.44. The van der Waals surface area contributed by atoms with Gasteiger partial charge < -0.3 is 0 Å². The molecule has 2 heterocycles. The molecule has 2 unspecified atom stereocenters. The number of hydrogen-bond donors (Lipinski definition) is 0. The average molecular weight is 370 g/mol. The Labute approximate surface area is 159 Å². The summed E-state index contributed by atoms with van der Waals surface area (Å²) in [6.45, 7) is 6.88. The molecule has 2 atom stereocenters. The standard InChI is InChI=1S/C22H24ClNS/c1-3-4-12-24-14-19-18-13-17(23)10-11-20(18)25-22(19)21(15(24)2)16-8-6-5-7-9-16/h5-11,13,15,21H,3-4,12,14H2,1-2H3. The van der Waals surface area contributed by atoms with Crippen molar-refractivity contribution in [3.8, 4) is 0 Å². The number of thiophene rings is 1. The van der Waals surface area contributed by atoms with Crippen molar-refractivity contribution in [3.63, 3.8) is 0 Å². The van der Waals surface area contributed by atoms with E-state index in [2.05, 4.69) is 61.2 Å². The molecular weight excluding hydrogens is 346 g/mol. The first-order chi connectivity index (χ1) is 12.2. The SMILES string of the molecule is CCCCN1Cc2c(sc3ccc(Cl)cc23)C(c2ccccc2)C1C. The van der Waals surface area contributed by atoms with Gasteiger partial charge in [0.1, 0.15) is 0 Å². The Hall–Kier alpha value is -1.35. The molecule has 1 aromatic heterocycles. The van der Waals surface area contributed by atoms with Crippen LogP contribution in [0.3, 0.4) is 0 Å². The van der Waals surface area contributed by atoms with Crippen LogP contribution >= 0.6 is 22.9 Å². The maximum Gasteiger partial charge on any atom is 0.0413 e. The van der Waals surface area contributed by atoms with Crippen molar-refractivity contribution < 1.29 is 0 Å². The minimum absolute atomic E-state index is 0.443. The second kappa shape index (κ2) is 7.11. The summed E-state index contributed by atoms with van der Waals surface area (Å²) in [6, 6.07) is 17.9. The van der Waals surface area contributed by atoms with E-state index < -0.39 is 0 Å². The molecular formula is C22H24ClNS. The van der Waals surface area contributed by atoms with Crippen molar-refractivity contribution in [2.45, 2.75) is 45.2 Å². The zero-order valence-electron chi connectivity index (χ0n) is 14.8. The highest BCUT2D eigenvalue weighted by molar-refractivity contribution is 7.19. The van der Waals surface area contributed by atoms with Crippen LogP contribution in [0.5, 0.6) is 0 Å². The summed E-state index contributed by atoms with van der Waals surface area (Å²) in [5.41, 5.74) is 2.92. The van der Waals surface area contributed by atoms with E-state index >= 15 is 0 Å². The van der Waals surface area contributed by atoms with Crippen LogP contribution in [0.1, 0.15) is 48.6 Å². The highest BCUT2D eigenvalue weighted by atomic mass is 35.5. The molecule has 2 aromatic carbocycles. The molecule has 0 amide bonds. The quantitative estimate of drug-likeness (QED) is 0.495. The van der Waals surface area contributed by atoms with Gasteiger partial charge in [-0.05, 0) is 54.6 Å². The topological polar surface area (TPSA) is 3.24 Å². The summed E-state index contributed by atoms with van der Waals surface area (Å²) >= 11 is 8.27. The number of fused-ring (bicyclic) bond motifs is 3. The highest BCUT2D eigenvalue weighted by Crippen LogP contribution is 2.46. The number of halogens is 1. The minimum Gasteiger partial charge on any atom is -0.295 e. The second-order valence-electron chi connectivity index (χ2n) is 7.04. The Morgan fingerprint density at radius 3 is 2.72 bits per heavy atom. The average Bonchev–Trinajstić information content (AvgIpc) is 2.98. The maximum absolute atomic E-state index is 6.31. The van der Waals surface area contributed by atoms with E-state index in [1.807, 2.05) is 17.4 Å². The molecule has 1 nitrogen and oxygen atoms in total. The van der Waals surface area contributed by atoms with Gasteiger partial charge in [-0.25, -0.2) is 0 Å². The smallest absolute Gasteiger partial charge is 0.0413 e. The molecule has 0 N–H and O–H groups in total. The fourth-order valence-electron chi connectivity index (χ4n) is 4.07. The number of benzene rings is 2. The van der Waals surface area contributed by atoms with E-state index in [0.29, 0.717) is 12.0 Å². The lowest BCUT2D eigenvalue weighted by molar-refractivity contribution is 0.169. The predicted molar refractivity (Wildman–Crippen MR) is 110 cm³/mol. The van der Waals surface area contributed by atoms with Crippen molar-refractivity contribution in [2.75, 3.05) is 6.54 Å². The molecule has 0 saturated heterocycles. The Kier molecular flexibility index (Phi) is 4.86. The van der Waals surface area contributed by atoms with Crippen molar-refractivity contribution in [2.24, 2.45) is 0 Å². The van der Waals surface area contributed by atoms with Crippen LogP contribution in [-0.2, 0) is 6.54 Å². The molecule has 3 aromatic rings. The lowest BCUT2D eigenvalue weighted by Crippen LogP contribution is -2.41. The molecule has 3 heteroatoms. The van der Waals surface area contributed by atoms with Crippen LogP contribution in [0.2, 0.25) is 5.02 Å². The molecule has 0 radical (unpaired) electrons. The Balaban J connectivity index is 1.87. The van der Waals surface area contributed by atoms with Gasteiger partial charge >= 0.3 is 0 Å². The Morgan fingerprint density at radius 2 is 1.96 bits per heavy atom. The first-order valence-electron chi connectivity index (χ1n) is 9.19. The second-order valence-corrected chi connectivity index (χ2v) is 8.56. The molecule has 0 saturated carbocycles. The number of unbranched alkanes of at least 4 members (excludes halogenated alkanes) is 1. The molecule has 0 spiro atoms. The first kappa shape index (κ1) is 17.1. The van der Waals surface area contributed by atoms with E-state index in [9.17, 15) is 0 Å². The zero-order valence-corrected chi connectivity index (χ0v) is 16.4. The fraction of sp³-hybridized carbons (Fsp3) is 0.364. The summed E-state index contributed by atoms with van der Waals surface area (Å²) in [6.07, 6.45) is 2.49. The van der Waals surface area contributed by atoms with E-state index in [1.165, 1.54) is 45.5 Å². The van der Waals surface area contributed by atoms with Crippen molar-refractivity contribution in [1.82, 2.24) is 4.90 Å². The van der Waals surface area contributed by atoms with Gasteiger partial charge in [0.2, 0.25) is 0 Å². The van der Waals surface area contributed by atoms with Gasteiger partial charge in [0.05, 0.1) is 0 Å². The van der Waals surface area contributed by atoms with Gasteiger partial charge in [-0.2, -0.15) is 0 Å². The van der Waals surface area contributed by atoms with E-state index in [-0.39, 0.29) is 0 Å². The molecule has 1 aliphatic rings. The molecule has 25 heavy (non-hydrogen) atoms. The Bertz CT molecular complexity index is 870. The fourth-order valence-corrected chi connectivity index (χ4v) is 5.66. The molecule has 1 aliphatic heterocycles. The van der Waals surface area contributed by atoms with Crippen LogP contribution in [0.4, 0.5) is 0 Å². The zero-order chi connectivity index (χ0) is 17.4. The van der Waals surface area contributed by atoms with Gasteiger partial charge in [-0.1, -0.05) is 55.3 Å². The van der Waals surface area contributed by atoms with Crippen LogP contribution < -0.4 is 0 Å². The molecule has 0 fully saturated rings. The molecule has 0 bridgehead atoms. The number of nitrogens with zero attached hydrogens (tertiary/aromatic N) is 1. The maximum atomic E-state index is 6.31.